The number of hydrogen-bond acceptors (Lipinski definition) is 3. The van der Waals surface area contributed by atoms with Crippen LogP contribution in [0.3, 0.4) is 0 Å². The molecule has 1 atom stereocenters. The molecule has 0 N–H and O–H groups in total. The fourth-order valence-corrected chi connectivity index (χ4v) is 5.86. The highest BCUT2D eigenvalue weighted by Gasteiger charge is 2.41. The van der Waals surface area contributed by atoms with Gasteiger partial charge in [-0.15, -0.1) is 0 Å². The van der Waals surface area contributed by atoms with E-state index in [1.165, 1.54) is 39.5 Å². The molecule has 0 radical (unpaired) electrons. The van der Waals surface area contributed by atoms with E-state index in [1.807, 2.05) is 0 Å². The van der Waals surface area contributed by atoms with Gasteiger partial charge in [-0.05, 0) is 42.7 Å². The van der Waals surface area contributed by atoms with E-state index in [9.17, 15) is 26.4 Å². The lowest BCUT2D eigenvalue weighted by atomic mass is 9.99. The van der Waals surface area contributed by atoms with Gasteiger partial charge < -0.3 is 0 Å². The summed E-state index contributed by atoms with van der Waals surface area (Å²) in [7, 11) is -0.941. The molecule has 1 aliphatic rings. The minimum Gasteiger partial charge on any atom is -0.295 e. The molecule has 4 rings (SSSR count). The molecule has 6 nitrogen and oxygen atoms in total. The number of sulfonamides is 1. The molecule has 0 saturated carbocycles. The summed E-state index contributed by atoms with van der Waals surface area (Å²) in [6.45, 7) is 0.130. The van der Waals surface area contributed by atoms with Crippen LogP contribution in [0.15, 0.2) is 52.2 Å². The molecule has 0 aliphatic carbocycles. The molecule has 10 heteroatoms. The van der Waals surface area contributed by atoms with E-state index in [4.69, 9.17) is 0 Å². The molecule has 1 fully saturated rings. The average Bonchev–Trinajstić information content (AvgIpc) is 3.28. The number of benzene rings is 2. The normalized spacial score (nSPS) is 18.4. The highest BCUT2D eigenvalue weighted by Crippen LogP contribution is 2.42. The molecule has 2 heterocycles. The number of halogens is 3. The first-order valence-electron chi connectivity index (χ1n) is 9.37. The SMILES string of the molecule is Cn1c(=O)n(C)c2cc(S(=O)(=O)N3CCCC3c3ccccc3C(F)(F)F)ccc21. The van der Waals surface area contributed by atoms with Crippen LogP contribution >= 0.6 is 0 Å². The van der Waals surface area contributed by atoms with E-state index < -0.39 is 27.8 Å². The van der Waals surface area contributed by atoms with Gasteiger partial charge in [0.2, 0.25) is 10.0 Å². The van der Waals surface area contributed by atoms with Crippen LogP contribution in [0.5, 0.6) is 0 Å². The maximum Gasteiger partial charge on any atom is 0.416 e. The summed E-state index contributed by atoms with van der Waals surface area (Å²) in [5, 5.41) is 0. The van der Waals surface area contributed by atoms with Crippen molar-refractivity contribution in [3.8, 4) is 0 Å². The molecule has 1 saturated heterocycles. The standard InChI is InChI=1S/C20H20F3N3O3S/c1-24-17-10-9-13(12-18(17)25(2)19(24)27)30(28,29)26-11-5-8-16(26)14-6-3-4-7-15(14)20(21,22)23/h3-4,6-7,9-10,12,16H,5,8,11H2,1-2H3. The van der Waals surface area contributed by atoms with Crippen LogP contribution in [0, 0.1) is 0 Å². The quantitative estimate of drug-likeness (QED) is 0.628. The Hall–Kier alpha value is -2.59. The van der Waals surface area contributed by atoms with Crippen LogP contribution in [-0.2, 0) is 30.3 Å². The van der Waals surface area contributed by atoms with Crippen LogP contribution in [0.25, 0.3) is 11.0 Å². The Balaban J connectivity index is 1.81. The second-order valence-electron chi connectivity index (χ2n) is 7.41. The van der Waals surface area contributed by atoms with Crippen LogP contribution in [0.2, 0.25) is 0 Å². The predicted molar refractivity (Wildman–Crippen MR) is 105 cm³/mol. The maximum atomic E-state index is 13.5. The zero-order valence-corrected chi connectivity index (χ0v) is 17.2. The van der Waals surface area contributed by atoms with Crippen LogP contribution in [0.4, 0.5) is 13.2 Å². The third-order valence-electron chi connectivity index (χ3n) is 5.68. The Morgan fingerprint density at radius 1 is 1.00 bits per heavy atom. The van der Waals surface area contributed by atoms with E-state index in [2.05, 4.69) is 0 Å². The molecule has 30 heavy (non-hydrogen) atoms. The topological polar surface area (TPSA) is 64.3 Å². The molecule has 0 amide bonds. The maximum absolute atomic E-state index is 13.5. The number of alkyl halides is 3. The number of aromatic nitrogens is 2. The number of fused-ring (bicyclic) bond motifs is 1. The van der Waals surface area contributed by atoms with Gasteiger partial charge in [0.15, 0.2) is 0 Å². The Labute approximate surface area is 171 Å². The Kier molecular flexibility index (Phi) is 4.81. The zero-order valence-electron chi connectivity index (χ0n) is 16.3. The average molecular weight is 439 g/mol. The van der Waals surface area contributed by atoms with E-state index >= 15 is 0 Å². The van der Waals surface area contributed by atoms with Crippen LogP contribution in [-0.4, -0.2) is 28.4 Å². The molecule has 1 unspecified atom stereocenters. The van der Waals surface area contributed by atoms with Gasteiger partial charge in [-0.2, -0.15) is 17.5 Å². The lowest BCUT2D eigenvalue weighted by Crippen LogP contribution is -2.31. The van der Waals surface area contributed by atoms with Gasteiger partial charge in [0.1, 0.15) is 0 Å². The molecule has 1 aromatic heterocycles. The second-order valence-corrected chi connectivity index (χ2v) is 9.30. The lowest BCUT2D eigenvalue weighted by molar-refractivity contribution is -0.138. The van der Waals surface area contributed by atoms with Crippen molar-refractivity contribution in [2.45, 2.75) is 30.0 Å². The van der Waals surface area contributed by atoms with Gasteiger partial charge in [-0.1, -0.05) is 18.2 Å². The van der Waals surface area contributed by atoms with Gasteiger partial charge in [0, 0.05) is 20.6 Å². The van der Waals surface area contributed by atoms with Gasteiger partial charge in [0.25, 0.3) is 0 Å². The Morgan fingerprint density at radius 2 is 1.67 bits per heavy atom. The molecular weight excluding hydrogens is 419 g/mol. The van der Waals surface area contributed by atoms with Crippen molar-refractivity contribution < 1.29 is 21.6 Å². The van der Waals surface area contributed by atoms with E-state index in [1.54, 1.807) is 20.2 Å². The summed E-state index contributed by atoms with van der Waals surface area (Å²) in [4.78, 5) is 12.1. The summed E-state index contributed by atoms with van der Waals surface area (Å²) in [5.74, 6) is 0. The fraction of sp³-hybridized carbons (Fsp3) is 0.350. The van der Waals surface area contributed by atoms with E-state index in [-0.39, 0.29) is 22.7 Å². The molecule has 3 aromatic rings. The molecule has 2 aromatic carbocycles. The van der Waals surface area contributed by atoms with Crippen LogP contribution < -0.4 is 5.69 Å². The van der Waals surface area contributed by atoms with E-state index in [0.29, 0.717) is 23.9 Å². The van der Waals surface area contributed by atoms with Gasteiger partial charge >= 0.3 is 11.9 Å². The Morgan fingerprint density at radius 3 is 2.37 bits per heavy atom. The van der Waals surface area contributed by atoms with Crippen molar-refractivity contribution in [3.05, 3.63) is 64.1 Å². The number of aryl methyl sites for hydroxylation is 2. The van der Waals surface area contributed by atoms with Crippen molar-refractivity contribution in [1.29, 1.82) is 0 Å². The van der Waals surface area contributed by atoms with Crippen LogP contribution in [0.1, 0.15) is 30.0 Å². The van der Waals surface area contributed by atoms with Crippen molar-refractivity contribution >= 4 is 21.1 Å². The Bertz CT molecular complexity index is 1290. The molecular formula is C20H20F3N3O3S. The van der Waals surface area contributed by atoms with Gasteiger partial charge in [0.05, 0.1) is 27.5 Å². The minimum atomic E-state index is -4.57. The van der Waals surface area contributed by atoms with Gasteiger partial charge in [-0.3, -0.25) is 9.13 Å². The number of nitrogens with zero attached hydrogens (tertiary/aromatic N) is 3. The summed E-state index contributed by atoms with van der Waals surface area (Å²) < 4.78 is 71.2. The third kappa shape index (κ3) is 3.14. The molecule has 160 valence electrons. The molecule has 0 spiro atoms. The third-order valence-corrected chi connectivity index (χ3v) is 7.58. The zero-order chi connectivity index (χ0) is 21.8. The van der Waals surface area contributed by atoms with Crippen molar-refractivity contribution in [3.63, 3.8) is 0 Å². The smallest absolute Gasteiger partial charge is 0.295 e. The molecule has 0 bridgehead atoms. The van der Waals surface area contributed by atoms with Crippen molar-refractivity contribution in [2.24, 2.45) is 14.1 Å². The second kappa shape index (κ2) is 6.98. The minimum absolute atomic E-state index is 0.0423. The fourth-order valence-electron chi connectivity index (χ4n) is 4.17. The summed E-state index contributed by atoms with van der Waals surface area (Å²) in [5.41, 5.74) is -0.146. The monoisotopic (exact) mass is 439 g/mol. The van der Waals surface area contributed by atoms with E-state index in [0.717, 1.165) is 10.4 Å². The molecule has 1 aliphatic heterocycles. The first-order chi connectivity index (χ1) is 14.0. The van der Waals surface area contributed by atoms with Crippen molar-refractivity contribution in [1.82, 2.24) is 13.4 Å². The largest absolute Gasteiger partial charge is 0.416 e. The first kappa shape index (κ1) is 20.7. The first-order valence-corrected chi connectivity index (χ1v) is 10.8. The summed E-state index contributed by atoms with van der Waals surface area (Å²) in [6.07, 6.45) is -3.81. The summed E-state index contributed by atoms with van der Waals surface area (Å²) >= 11 is 0. The number of rotatable bonds is 3. The predicted octanol–water partition coefficient (Wildman–Crippen LogP) is 3.42. The lowest BCUT2D eigenvalue weighted by Gasteiger charge is -2.26. The number of imidazole rings is 1. The number of hydrogen-bond donors (Lipinski definition) is 0. The van der Waals surface area contributed by atoms with Gasteiger partial charge in [-0.25, -0.2) is 13.2 Å². The highest BCUT2D eigenvalue weighted by molar-refractivity contribution is 7.89. The highest BCUT2D eigenvalue weighted by atomic mass is 32.2. The summed E-state index contributed by atoms with van der Waals surface area (Å²) in [6, 6.07) is 8.53. The van der Waals surface area contributed by atoms with Crippen molar-refractivity contribution in [2.75, 3.05) is 6.54 Å².